The van der Waals surface area contributed by atoms with Crippen LogP contribution >= 0.6 is 0 Å². The first-order chi connectivity index (χ1) is 57.6. The summed E-state index contributed by atoms with van der Waals surface area (Å²) >= 11 is 0. The molecule has 17 aromatic carbocycles. The Morgan fingerprint density at radius 1 is 0.144 bits per heavy atom. The van der Waals surface area contributed by atoms with Crippen LogP contribution in [0, 0.1) is 0 Å². The highest BCUT2D eigenvalue weighted by Crippen LogP contribution is 2.67. The van der Waals surface area contributed by atoms with Crippen molar-refractivity contribution in [1.82, 2.24) is 0 Å². The van der Waals surface area contributed by atoms with Crippen molar-refractivity contribution < 1.29 is 0 Å². The first-order valence-corrected chi connectivity index (χ1v) is 42.0. The molecule has 0 atom stereocenters. The Kier molecular flexibility index (Phi) is 15.9. The number of benzene rings is 17. The third kappa shape index (κ3) is 10.1. The van der Waals surface area contributed by atoms with Gasteiger partial charge in [-0.05, 0) is 252 Å². The number of fused-ring (bicyclic) bond motifs is 24. The van der Waals surface area contributed by atoms with Gasteiger partial charge in [0.15, 0.2) is 0 Å². The minimum atomic E-state index is -0.417. The molecule has 0 fully saturated rings. The molecule has 0 heterocycles. The molecule has 2 spiro atoms. The number of anilines is 6. The van der Waals surface area contributed by atoms with Crippen molar-refractivity contribution in [3.05, 3.63) is 489 Å². The summed E-state index contributed by atoms with van der Waals surface area (Å²) in [4.78, 5) is 4.76. The van der Waals surface area contributed by atoms with Crippen molar-refractivity contribution in [3.8, 4) is 77.9 Å². The zero-order valence-corrected chi connectivity index (χ0v) is 68.0. The molecule has 0 saturated carbocycles. The molecule has 0 amide bonds. The molecule has 2 heteroatoms. The van der Waals surface area contributed by atoms with Gasteiger partial charge in [0, 0.05) is 55.8 Å². The summed E-state index contributed by atoms with van der Waals surface area (Å²) in [6.45, 7) is 19.2. The van der Waals surface area contributed by atoms with Gasteiger partial charge in [0.25, 0.3) is 0 Å². The maximum absolute atomic E-state index is 2.50. The van der Waals surface area contributed by atoms with Gasteiger partial charge in [-0.15, -0.1) is 0 Å². The lowest BCUT2D eigenvalue weighted by atomic mass is 9.55. The van der Waals surface area contributed by atoms with Gasteiger partial charge in [-0.25, -0.2) is 0 Å². The van der Waals surface area contributed by atoms with Crippen LogP contribution in [0.15, 0.2) is 400 Å². The minimum absolute atomic E-state index is 0.118. The largest absolute Gasteiger partial charge is 0.310 e. The molecule has 564 valence electrons. The van der Waals surface area contributed by atoms with Crippen LogP contribution in [0.5, 0.6) is 0 Å². The summed E-state index contributed by atoms with van der Waals surface area (Å²) in [5, 5.41) is 0. The molecule has 17 aromatic rings. The summed E-state index contributed by atoms with van der Waals surface area (Å²) in [6, 6.07) is 150. The Balaban J connectivity index is 0.000000143. The lowest BCUT2D eigenvalue weighted by molar-refractivity contribution is 0.563. The molecule has 6 aliphatic carbocycles. The first-order valence-electron chi connectivity index (χ1n) is 42.0. The van der Waals surface area contributed by atoms with Gasteiger partial charge >= 0.3 is 0 Å². The van der Waals surface area contributed by atoms with E-state index in [1.807, 2.05) is 0 Å². The standard InChI is InChI=1S/C61H47N.C55H43N/c1-59(2)51-25-13-15-27-53(51)61(54-28-16-14-26-52(54)59)50-24-12-11-22-49(50)58-46(23-17-29-55(58)61)42-32-36-47-48-37-35-45(39-57(48)60(3,4)56(47)38-42)62(43-20-9-6-10-21-43)44-33-30-41(31-34-44)40-18-7-5-8-19-40;1-53(2)45-25-13-15-27-47(45)55(48-28-16-14-26-46(48)53)44-24-12-11-22-43(44)52-40(23-17-29-49(52)55)36-30-32-41-42-33-31-39(35-51(42)54(3,4)50(41)34-36)56(37-18-7-5-8-19-37)38-20-9-6-10-21-38/h5-39H,1-4H3;5-35H,1-4H3. The Bertz CT molecular complexity index is 6780. The number of hydrogen-bond donors (Lipinski definition) is 0. The molecular formula is C116H90N2. The third-order valence-corrected chi connectivity index (χ3v) is 27.9. The minimum Gasteiger partial charge on any atom is -0.310 e. The molecule has 0 saturated heterocycles. The van der Waals surface area contributed by atoms with Gasteiger partial charge in [-0.3, -0.25) is 0 Å². The molecule has 0 unspecified atom stereocenters. The molecule has 6 aliphatic rings. The van der Waals surface area contributed by atoms with E-state index in [0.717, 1.165) is 28.4 Å². The molecule has 118 heavy (non-hydrogen) atoms. The van der Waals surface area contributed by atoms with Gasteiger partial charge in [0.2, 0.25) is 0 Å². The predicted molar refractivity (Wildman–Crippen MR) is 493 cm³/mol. The average molecular weight is 1510 g/mol. The van der Waals surface area contributed by atoms with Crippen LogP contribution in [0.4, 0.5) is 34.1 Å². The second-order valence-electron chi connectivity index (χ2n) is 35.3. The fourth-order valence-corrected chi connectivity index (χ4v) is 22.4. The lowest BCUT2D eigenvalue weighted by Crippen LogP contribution is -2.40. The van der Waals surface area contributed by atoms with Gasteiger partial charge in [0.05, 0.1) is 10.8 Å². The number of nitrogens with zero attached hydrogens (tertiary/aromatic N) is 2. The van der Waals surface area contributed by atoms with E-state index in [2.05, 4.69) is 466 Å². The fraction of sp³-hybridized carbons (Fsp3) is 0.121. The Labute approximate surface area is 694 Å². The number of rotatable bonds is 9. The zero-order chi connectivity index (χ0) is 79.6. The fourth-order valence-electron chi connectivity index (χ4n) is 22.4. The average Bonchev–Trinajstić information content (AvgIpc) is 1.48. The van der Waals surface area contributed by atoms with Gasteiger partial charge in [-0.1, -0.05) is 371 Å². The van der Waals surface area contributed by atoms with Crippen molar-refractivity contribution in [2.24, 2.45) is 0 Å². The van der Waals surface area contributed by atoms with E-state index in [0.29, 0.717) is 0 Å². The van der Waals surface area contributed by atoms with Crippen molar-refractivity contribution in [2.45, 2.75) is 87.9 Å². The zero-order valence-electron chi connectivity index (χ0n) is 68.0. The van der Waals surface area contributed by atoms with E-state index in [1.165, 1.54) is 173 Å². The number of hydrogen-bond acceptors (Lipinski definition) is 2. The van der Waals surface area contributed by atoms with Gasteiger partial charge in [-0.2, -0.15) is 0 Å². The quantitative estimate of drug-likeness (QED) is 0.142. The van der Waals surface area contributed by atoms with Crippen LogP contribution in [0.1, 0.15) is 144 Å². The summed E-state index contributed by atoms with van der Waals surface area (Å²) in [6.07, 6.45) is 0. The molecule has 0 bridgehead atoms. The van der Waals surface area contributed by atoms with E-state index in [1.54, 1.807) is 0 Å². The number of para-hydroxylation sites is 3. The second kappa shape index (κ2) is 26.4. The summed E-state index contributed by atoms with van der Waals surface area (Å²) in [5.74, 6) is 0. The highest BCUT2D eigenvalue weighted by Gasteiger charge is 2.56. The van der Waals surface area contributed by atoms with Crippen LogP contribution in [-0.2, 0) is 32.5 Å². The van der Waals surface area contributed by atoms with E-state index in [-0.39, 0.29) is 21.7 Å². The van der Waals surface area contributed by atoms with E-state index in [4.69, 9.17) is 0 Å². The molecule has 0 aliphatic heterocycles. The molecule has 2 nitrogen and oxygen atoms in total. The Morgan fingerprint density at radius 3 is 0.737 bits per heavy atom. The third-order valence-electron chi connectivity index (χ3n) is 27.9. The van der Waals surface area contributed by atoms with Crippen LogP contribution in [0.3, 0.4) is 0 Å². The molecule has 23 rings (SSSR count). The SMILES string of the molecule is CC1(C)c2cc(-c3cccc4c3-c3ccccc3C43c4ccccc4C(C)(C)c4ccccc43)ccc2-c2ccc(N(c3ccccc3)c3ccc(-c4ccccc4)cc3)cc21.CC1(C)c2cc(-c3cccc4c3-c3ccccc3C43c4ccccc4C(C)(C)c4ccccc43)ccc2-c2ccc(N(c3ccccc3)c3ccccc3)cc21. The monoisotopic (exact) mass is 1510 g/mol. The highest BCUT2D eigenvalue weighted by atomic mass is 15.1. The van der Waals surface area contributed by atoms with Crippen molar-refractivity contribution in [3.63, 3.8) is 0 Å². The Morgan fingerprint density at radius 2 is 0.381 bits per heavy atom. The first kappa shape index (κ1) is 70.9. The predicted octanol–water partition coefficient (Wildman–Crippen LogP) is 29.9. The molecule has 0 aromatic heterocycles. The van der Waals surface area contributed by atoms with Crippen molar-refractivity contribution >= 4 is 34.1 Å². The smallest absolute Gasteiger partial charge is 0.0719 e. The van der Waals surface area contributed by atoms with E-state index in [9.17, 15) is 0 Å². The molecular weight excluding hydrogens is 1420 g/mol. The highest BCUT2D eigenvalue weighted by molar-refractivity contribution is 6.00. The van der Waals surface area contributed by atoms with Crippen LogP contribution in [-0.4, -0.2) is 0 Å². The van der Waals surface area contributed by atoms with Crippen molar-refractivity contribution in [2.75, 3.05) is 9.80 Å². The van der Waals surface area contributed by atoms with Crippen molar-refractivity contribution in [1.29, 1.82) is 0 Å². The van der Waals surface area contributed by atoms with Crippen LogP contribution in [0.2, 0.25) is 0 Å². The Hall–Kier alpha value is -13.7. The van der Waals surface area contributed by atoms with Crippen LogP contribution < -0.4 is 9.80 Å². The van der Waals surface area contributed by atoms with E-state index >= 15 is 0 Å². The van der Waals surface area contributed by atoms with Crippen LogP contribution in [0.25, 0.3) is 77.9 Å². The summed E-state index contributed by atoms with van der Waals surface area (Å²) in [5.41, 5.74) is 45.7. The summed E-state index contributed by atoms with van der Waals surface area (Å²) in [7, 11) is 0. The van der Waals surface area contributed by atoms with E-state index < -0.39 is 10.8 Å². The van der Waals surface area contributed by atoms with Gasteiger partial charge < -0.3 is 9.80 Å². The molecule has 0 radical (unpaired) electrons. The summed E-state index contributed by atoms with van der Waals surface area (Å²) < 4.78 is 0. The van der Waals surface area contributed by atoms with Gasteiger partial charge in [0.1, 0.15) is 0 Å². The maximum Gasteiger partial charge on any atom is 0.0719 e. The second-order valence-corrected chi connectivity index (χ2v) is 35.3. The lowest BCUT2D eigenvalue weighted by Gasteiger charge is -2.46. The maximum atomic E-state index is 2.50. The normalized spacial score (nSPS) is 15.4. The topological polar surface area (TPSA) is 6.48 Å². The molecule has 0 N–H and O–H groups in total.